The van der Waals surface area contributed by atoms with E-state index in [-0.39, 0.29) is 18.0 Å². The zero-order chi connectivity index (χ0) is 10.3. The number of hydrogen-bond acceptors (Lipinski definition) is 3. The molecule has 0 spiro atoms. The minimum Gasteiger partial charge on any atom is -0.462 e. The Balaban J connectivity index is 3.36. The van der Waals surface area contributed by atoms with E-state index in [1.54, 1.807) is 6.92 Å². The summed E-state index contributed by atoms with van der Waals surface area (Å²) in [7, 11) is 0. The molecule has 0 aliphatic rings. The Kier molecular flexibility index (Phi) is 6.63. The molecule has 0 saturated carbocycles. The summed E-state index contributed by atoms with van der Waals surface area (Å²) < 4.78 is 4.82. The van der Waals surface area contributed by atoms with Gasteiger partial charge in [-0.1, -0.05) is 6.58 Å². The first-order valence-electron chi connectivity index (χ1n) is 4.15. The van der Waals surface area contributed by atoms with Crippen molar-refractivity contribution in [2.75, 3.05) is 13.2 Å². The molecule has 0 saturated heterocycles. The quantitative estimate of drug-likeness (QED) is 0.310. The van der Waals surface area contributed by atoms with Crippen molar-refractivity contribution in [3.63, 3.8) is 0 Å². The fraction of sp³-hybridized carbons (Fsp3) is 0.667. The second kappa shape index (κ2) is 6.92. The number of alkyl halides is 1. The van der Waals surface area contributed by atoms with E-state index < -0.39 is 0 Å². The lowest BCUT2D eigenvalue weighted by molar-refractivity contribution is -0.139. The molecule has 0 amide bonds. The van der Waals surface area contributed by atoms with Gasteiger partial charge >= 0.3 is 5.97 Å². The van der Waals surface area contributed by atoms with E-state index in [1.807, 2.05) is 0 Å². The molecule has 0 fully saturated rings. The van der Waals surface area contributed by atoms with Crippen molar-refractivity contribution < 1.29 is 14.6 Å². The summed E-state index contributed by atoms with van der Waals surface area (Å²) in [6, 6.07) is 0. The predicted molar refractivity (Wildman–Crippen MR) is 51.7 cm³/mol. The van der Waals surface area contributed by atoms with Crippen LogP contribution in [0.5, 0.6) is 0 Å². The average molecular weight is 207 g/mol. The number of carbonyl (C=O) groups excluding carboxylic acids is 1. The van der Waals surface area contributed by atoms with Crippen LogP contribution in [0.1, 0.15) is 19.8 Å². The highest BCUT2D eigenvalue weighted by molar-refractivity contribution is 6.20. The highest BCUT2D eigenvalue weighted by Crippen LogP contribution is 2.04. The Bertz CT molecular complexity index is 180. The minimum atomic E-state index is -0.380. The number of halogens is 1. The Labute approximate surface area is 83.3 Å². The zero-order valence-corrected chi connectivity index (χ0v) is 8.51. The molecule has 0 aliphatic carbocycles. The number of aliphatic hydroxyl groups is 1. The van der Waals surface area contributed by atoms with E-state index in [0.717, 1.165) is 0 Å². The molecule has 0 aromatic heterocycles. The number of ether oxygens (including phenoxy) is 1. The molecule has 1 N–H and O–H groups in total. The van der Waals surface area contributed by atoms with E-state index in [4.69, 9.17) is 21.4 Å². The predicted octanol–water partition coefficient (Wildman–Crippen LogP) is 1.49. The third kappa shape index (κ3) is 6.61. The number of esters is 1. The Morgan fingerprint density at radius 1 is 1.69 bits per heavy atom. The van der Waals surface area contributed by atoms with Crippen LogP contribution in [0.25, 0.3) is 0 Å². The van der Waals surface area contributed by atoms with Crippen molar-refractivity contribution in [1.29, 1.82) is 0 Å². The molecule has 0 radical (unpaired) electrons. The fourth-order valence-electron chi connectivity index (χ4n) is 0.684. The molecule has 76 valence electrons. The number of aliphatic hydroxyl groups excluding tert-OH is 1. The van der Waals surface area contributed by atoms with Crippen molar-refractivity contribution in [2.24, 2.45) is 0 Å². The van der Waals surface area contributed by atoms with Crippen LogP contribution < -0.4 is 0 Å². The molecule has 13 heavy (non-hydrogen) atoms. The summed E-state index contributed by atoms with van der Waals surface area (Å²) in [5.74, 6) is -0.380. The molecule has 0 rings (SSSR count). The highest BCUT2D eigenvalue weighted by Gasteiger charge is 2.04. The first-order chi connectivity index (χ1) is 6.07. The van der Waals surface area contributed by atoms with E-state index in [9.17, 15) is 4.79 Å². The van der Waals surface area contributed by atoms with Gasteiger partial charge in [-0.3, -0.25) is 0 Å². The van der Waals surface area contributed by atoms with Crippen LogP contribution in [0.2, 0.25) is 0 Å². The van der Waals surface area contributed by atoms with Gasteiger partial charge in [-0.05, 0) is 19.8 Å². The van der Waals surface area contributed by atoms with Crippen molar-refractivity contribution >= 4 is 17.6 Å². The maximum Gasteiger partial charge on any atom is 0.333 e. The van der Waals surface area contributed by atoms with E-state index in [2.05, 4.69) is 6.58 Å². The summed E-state index contributed by atoms with van der Waals surface area (Å²) in [5.41, 5.74) is 0.393. The van der Waals surface area contributed by atoms with Crippen LogP contribution >= 0.6 is 11.6 Å². The van der Waals surface area contributed by atoms with Gasteiger partial charge in [-0.2, -0.15) is 0 Å². The highest BCUT2D eigenvalue weighted by atomic mass is 35.5. The van der Waals surface area contributed by atoms with Crippen LogP contribution in [0, 0.1) is 0 Å². The molecule has 4 heteroatoms. The molecule has 0 aromatic rings. The van der Waals surface area contributed by atoms with Gasteiger partial charge < -0.3 is 9.84 Å². The molecular formula is C9H15ClO3. The fourth-order valence-corrected chi connectivity index (χ4v) is 0.838. The van der Waals surface area contributed by atoms with Gasteiger partial charge in [0, 0.05) is 5.57 Å². The van der Waals surface area contributed by atoms with Crippen molar-refractivity contribution in [2.45, 2.75) is 25.1 Å². The van der Waals surface area contributed by atoms with Crippen LogP contribution in [0.4, 0.5) is 0 Å². The first kappa shape index (κ1) is 12.5. The smallest absolute Gasteiger partial charge is 0.333 e. The van der Waals surface area contributed by atoms with Crippen molar-refractivity contribution in [3.05, 3.63) is 12.2 Å². The topological polar surface area (TPSA) is 46.5 Å². The summed E-state index contributed by atoms with van der Waals surface area (Å²) in [5, 5.41) is 8.33. The van der Waals surface area contributed by atoms with Crippen molar-refractivity contribution in [3.8, 4) is 0 Å². The van der Waals surface area contributed by atoms with Crippen LogP contribution in [-0.4, -0.2) is 29.7 Å². The Morgan fingerprint density at radius 3 is 2.77 bits per heavy atom. The molecule has 0 aliphatic heterocycles. The van der Waals surface area contributed by atoms with E-state index in [0.29, 0.717) is 25.0 Å². The Morgan fingerprint density at radius 2 is 2.31 bits per heavy atom. The van der Waals surface area contributed by atoms with Gasteiger partial charge in [-0.15, -0.1) is 11.6 Å². The zero-order valence-electron chi connectivity index (χ0n) is 7.75. The number of hydrogen-bond donors (Lipinski definition) is 1. The van der Waals surface area contributed by atoms with Crippen molar-refractivity contribution in [1.82, 2.24) is 0 Å². The van der Waals surface area contributed by atoms with Crippen LogP contribution in [0.3, 0.4) is 0 Å². The third-order valence-electron chi connectivity index (χ3n) is 1.44. The lowest BCUT2D eigenvalue weighted by Crippen LogP contribution is -2.09. The first-order valence-corrected chi connectivity index (χ1v) is 4.59. The van der Waals surface area contributed by atoms with Crippen LogP contribution in [-0.2, 0) is 9.53 Å². The normalized spacial score (nSPS) is 12.2. The lowest BCUT2D eigenvalue weighted by atomic mass is 10.2. The Hall–Kier alpha value is -0.540. The van der Waals surface area contributed by atoms with Gasteiger partial charge in [0.25, 0.3) is 0 Å². The van der Waals surface area contributed by atoms with Crippen LogP contribution in [0.15, 0.2) is 12.2 Å². The van der Waals surface area contributed by atoms with E-state index >= 15 is 0 Å². The SMILES string of the molecule is C=C(C)C(=O)OCCCC(Cl)CO. The summed E-state index contributed by atoms with van der Waals surface area (Å²) >= 11 is 5.64. The van der Waals surface area contributed by atoms with Gasteiger partial charge in [0.2, 0.25) is 0 Å². The summed E-state index contributed by atoms with van der Waals surface area (Å²) in [4.78, 5) is 10.9. The lowest BCUT2D eigenvalue weighted by Gasteiger charge is -2.06. The summed E-state index contributed by atoms with van der Waals surface area (Å²) in [6.45, 7) is 5.32. The molecular weight excluding hydrogens is 192 g/mol. The number of rotatable bonds is 6. The maximum atomic E-state index is 10.9. The number of carbonyl (C=O) groups is 1. The minimum absolute atomic E-state index is 0.0456. The summed E-state index contributed by atoms with van der Waals surface area (Å²) in [6.07, 6.45) is 1.30. The van der Waals surface area contributed by atoms with E-state index in [1.165, 1.54) is 0 Å². The largest absolute Gasteiger partial charge is 0.462 e. The maximum absolute atomic E-state index is 10.9. The molecule has 0 bridgehead atoms. The molecule has 3 nitrogen and oxygen atoms in total. The average Bonchev–Trinajstić information content (AvgIpc) is 2.11. The second-order valence-electron chi connectivity index (χ2n) is 2.84. The van der Waals surface area contributed by atoms with Gasteiger partial charge in [0.1, 0.15) is 0 Å². The van der Waals surface area contributed by atoms with Gasteiger partial charge in [0.15, 0.2) is 0 Å². The molecule has 1 unspecified atom stereocenters. The van der Waals surface area contributed by atoms with Gasteiger partial charge in [-0.25, -0.2) is 4.79 Å². The standard InChI is InChI=1S/C9H15ClO3/c1-7(2)9(12)13-5-3-4-8(10)6-11/h8,11H,1,3-6H2,2H3. The molecule has 0 heterocycles. The molecule has 0 aromatic carbocycles. The molecule has 1 atom stereocenters. The second-order valence-corrected chi connectivity index (χ2v) is 3.46. The third-order valence-corrected chi connectivity index (χ3v) is 1.80. The van der Waals surface area contributed by atoms with Gasteiger partial charge in [0.05, 0.1) is 18.6 Å². The monoisotopic (exact) mass is 206 g/mol.